The Morgan fingerprint density at radius 2 is 2.19 bits per heavy atom. The summed E-state index contributed by atoms with van der Waals surface area (Å²) in [5.74, 6) is 0.590. The summed E-state index contributed by atoms with van der Waals surface area (Å²) in [6.45, 7) is 5.76. The molecule has 3 aromatic rings. The number of likely N-dealkylation sites (tertiary alicyclic amines) is 1. The zero-order valence-corrected chi connectivity index (χ0v) is 15.0. The van der Waals surface area contributed by atoms with Gasteiger partial charge in [-0.05, 0) is 33.2 Å². The molecule has 3 aromatic heterocycles. The lowest BCUT2D eigenvalue weighted by molar-refractivity contribution is -0.119. The number of primary amides is 1. The van der Waals surface area contributed by atoms with Crippen LogP contribution in [0.4, 0.5) is 0 Å². The molecule has 0 radical (unpaired) electrons. The van der Waals surface area contributed by atoms with Crippen molar-refractivity contribution in [1.29, 1.82) is 0 Å². The maximum atomic E-state index is 11.3. The maximum Gasteiger partial charge on any atom is 0.231 e. The highest BCUT2D eigenvalue weighted by atomic mass is 16.5. The molecular weight excluding hydrogens is 332 g/mol. The minimum atomic E-state index is -0.299. The van der Waals surface area contributed by atoms with Crippen molar-refractivity contribution in [3.8, 4) is 11.3 Å². The van der Waals surface area contributed by atoms with Gasteiger partial charge in [0.05, 0.1) is 29.2 Å². The van der Waals surface area contributed by atoms with Crippen LogP contribution >= 0.6 is 0 Å². The van der Waals surface area contributed by atoms with Gasteiger partial charge in [-0.25, -0.2) is 9.50 Å². The lowest BCUT2D eigenvalue weighted by atomic mass is 9.91. The van der Waals surface area contributed by atoms with Crippen molar-refractivity contribution in [2.75, 3.05) is 19.6 Å². The summed E-state index contributed by atoms with van der Waals surface area (Å²) in [7, 11) is 0. The van der Waals surface area contributed by atoms with Crippen molar-refractivity contribution >= 4 is 11.6 Å². The van der Waals surface area contributed by atoms with Crippen molar-refractivity contribution < 1.29 is 9.32 Å². The monoisotopic (exact) mass is 354 g/mol. The predicted molar refractivity (Wildman–Crippen MR) is 95.6 cm³/mol. The fourth-order valence-electron chi connectivity index (χ4n) is 3.78. The second kappa shape index (κ2) is 6.53. The molecule has 1 saturated heterocycles. The van der Waals surface area contributed by atoms with E-state index in [4.69, 9.17) is 10.3 Å². The lowest BCUT2D eigenvalue weighted by Crippen LogP contribution is -2.40. The first-order chi connectivity index (χ1) is 12.5. The number of piperidine rings is 1. The standard InChI is InChI=1S/C18H22N6O2/c1-11-7-17-20-8-14(15-6-12(2)22-26-15)18(24(17)21-11)13-4-3-5-23(9-13)10-16(19)25/h6-8,13H,3-5,9-10H2,1-2H3,(H2,19,25)/t13-/m1/s1. The summed E-state index contributed by atoms with van der Waals surface area (Å²) in [4.78, 5) is 18.0. The topological polar surface area (TPSA) is 103 Å². The summed E-state index contributed by atoms with van der Waals surface area (Å²) >= 11 is 0. The summed E-state index contributed by atoms with van der Waals surface area (Å²) in [6.07, 6.45) is 3.84. The number of aromatic nitrogens is 4. The Morgan fingerprint density at radius 1 is 1.35 bits per heavy atom. The molecule has 2 N–H and O–H groups in total. The van der Waals surface area contributed by atoms with Crippen LogP contribution in [-0.2, 0) is 4.79 Å². The van der Waals surface area contributed by atoms with Gasteiger partial charge in [0, 0.05) is 30.8 Å². The van der Waals surface area contributed by atoms with Crippen LogP contribution in [0.15, 0.2) is 22.9 Å². The highest BCUT2D eigenvalue weighted by Gasteiger charge is 2.28. The highest BCUT2D eigenvalue weighted by molar-refractivity contribution is 5.76. The van der Waals surface area contributed by atoms with E-state index in [1.807, 2.05) is 36.7 Å². The third-order valence-corrected chi connectivity index (χ3v) is 4.81. The molecule has 1 aliphatic heterocycles. The van der Waals surface area contributed by atoms with Gasteiger partial charge >= 0.3 is 0 Å². The largest absolute Gasteiger partial charge is 0.369 e. The third kappa shape index (κ3) is 3.08. The molecule has 0 bridgehead atoms. The Balaban J connectivity index is 1.82. The van der Waals surface area contributed by atoms with Crippen molar-refractivity contribution in [2.45, 2.75) is 32.6 Å². The molecule has 26 heavy (non-hydrogen) atoms. The molecule has 0 saturated carbocycles. The van der Waals surface area contributed by atoms with Crippen molar-refractivity contribution in [3.63, 3.8) is 0 Å². The van der Waals surface area contributed by atoms with E-state index < -0.39 is 0 Å². The number of amides is 1. The Morgan fingerprint density at radius 3 is 2.92 bits per heavy atom. The SMILES string of the molecule is Cc1cc(-c2cnc3cc(C)nn3c2[C@@H]2CCCN(CC(N)=O)C2)on1. The van der Waals surface area contributed by atoms with Crippen molar-refractivity contribution in [3.05, 3.63) is 35.4 Å². The van der Waals surface area contributed by atoms with Crippen LogP contribution in [0.25, 0.3) is 17.0 Å². The van der Waals surface area contributed by atoms with Crippen molar-refractivity contribution in [1.82, 2.24) is 24.7 Å². The first-order valence-electron chi connectivity index (χ1n) is 8.81. The van der Waals surface area contributed by atoms with Gasteiger partial charge in [0.15, 0.2) is 11.4 Å². The van der Waals surface area contributed by atoms with Gasteiger partial charge < -0.3 is 10.3 Å². The molecule has 0 spiro atoms. The number of hydrogen-bond donors (Lipinski definition) is 1. The van der Waals surface area contributed by atoms with Crippen LogP contribution < -0.4 is 5.73 Å². The van der Waals surface area contributed by atoms with Crippen LogP contribution in [0.1, 0.15) is 35.8 Å². The minimum Gasteiger partial charge on any atom is -0.369 e. The Labute approximate surface area is 151 Å². The average Bonchev–Trinajstić information content (AvgIpc) is 3.18. The van der Waals surface area contributed by atoms with Gasteiger partial charge in [-0.3, -0.25) is 9.69 Å². The molecule has 0 aliphatic carbocycles. The smallest absolute Gasteiger partial charge is 0.231 e. The molecule has 1 aliphatic rings. The number of carbonyl (C=O) groups is 1. The third-order valence-electron chi connectivity index (χ3n) is 4.81. The zero-order chi connectivity index (χ0) is 18.3. The van der Waals surface area contributed by atoms with Gasteiger partial charge in [-0.15, -0.1) is 0 Å². The quantitative estimate of drug-likeness (QED) is 0.764. The Kier molecular flexibility index (Phi) is 4.20. The van der Waals surface area contributed by atoms with Gasteiger partial charge in [-0.1, -0.05) is 5.16 Å². The zero-order valence-electron chi connectivity index (χ0n) is 15.0. The summed E-state index contributed by atoms with van der Waals surface area (Å²) in [5.41, 5.74) is 9.88. The second-order valence-corrected chi connectivity index (χ2v) is 6.99. The van der Waals surface area contributed by atoms with Crippen LogP contribution in [0.5, 0.6) is 0 Å². The lowest BCUT2D eigenvalue weighted by Gasteiger charge is -2.32. The van der Waals surface area contributed by atoms with Crippen LogP contribution in [0.3, 0.4) is 0 Å². The highest BCUT2D eigenvalue weighted by Crippen LogP contribution is 2.34. The fourth-order valence-corrected chi connectivity index (χ4v) is 3.78. The van der Waals surface area contributed by atoms with E-state index in [-0.39, 0.29) is 18.4 Å². The number of fused-ring (bicyclic) bond motifs is 1. The number of aryl methyl sites for hydroxylation is 2. The molecular formula is C18H22N6O2. The van der Waals surface area contributed by atoms with E-state index >= 15 is 0 Å². The minimum absolute atomic E-state index is 0.202. The molecule has 1 atom stereocenters. The number of rotatable bonds is 4. The van der Waals surface area contributed by atoms with Crippen LogP contribution in [-0.4, -0.2) is 50.2 Å². The van der Waals surface area contributed by atoms with Crippen LogP contribution in [0, 0.1) is 13.8 Å². The predicted octanol–water partition coefficient (Wildman–Crippen LogP) is 1.67. The number of nitrogens with zero attached hydrogens (tertiary/aromatic N) is 5. The molecule has 8 heteroatoms. The first-order valence-corrected chi connectivity index (χ1v) is 8.81. The second-order valence-electron chi connectivity index (χ2n) is 6.99. The van der Waals surface area contributed by atoms with E-state index in [9.17, 15) is 4.79 Å². The van der Waals surface area contributed by atoms with Gasteiger partial charge in [0.1, 0.15) is 0 Å². The summed E-state index contributed by atoms with van der Waals surface area (Å²) in [6, 6.07) is 3.87. The molecule has 1 fully saturated rings. The molecule has 0 unspecified atom stereocenters. The number of hydrogen-bond acceptors (Lipinski definition) is 6. The van der Waals surface area contributed by atoms with E-state index in [1.165, 1.54) is 0 Å². The molecule has 1 amide bonds. The number of nitrogens with two attached hydrogens (primary N) is 1. The van der Waals surface area contributed by atoms with Crippen molar-refractivity contribution in [2.24, 2.45) is 5.73 Å². The maximum absolute atomic E-state index is 11.3. The van der Waals surface area contributed by atoms with Crippen LogP contribution in [0.2, 0.25) is 0 Å². The molecule has 136 valence electrons. The number of carbonyl (C=O) groups excluding carboxylic acids is 1. The molecule has 4 heterocycles. The van der Waals surface area contributed by atoms with E-state index in [1.54, 1.807) is 0 Å². The fraction of sp³-hybridized carbons (Fsp3) is 0.444. The van der Waals surface area contributed by atoms with Gasteiger partial charge in [-0.2, -0.15) is 5.10 Å². The Bertz CT molecular complexity index is 960. The molecule has 0 aromatic carbocycles. The normalized spacial score (nSPS) is 18.5. The molecule has 4 rings (SSSR count). The van der Waals surface area contributed by atoms with E-state index in [2.05, 4.69) is 20.1 Å². The van der Waals surface area contributed by atoms with Gasteiger partial charge in [0.25, 0.3) is 0 Å². The Hall–Kier alpha value is -2.74. The molecule has 8 nitrogen and oxygen atoms in total. The summed E-state index contributed by atoms with van der Waals surface area (Å²) in [5, 5.41) is 8.66. The first kappa shape index (κ1) is 16.7. The summed E-state index contributed by atoms with van der Waals surface area (Å²) < 4.78 is 7.41. The van der Waals surface area contributed by atoms with E-state index in [0.717, 1.165) is 54.2 Å². The average molecular weight is 354 g/mol. The van der Waals surface area contributed by atoms with Gasteiger partial charge in [0.2, 0.25) is 5.91 Å². The van der Waals surface area contributed by atoms with E-state index in [0.29, 0.717) is 5.76 Å².